The first-order valence-electron chi connectivity index (χ1n) is 3.72. The predicted molar refractivity (Wildman–Crippen MR) is 48.8 cm³/mol. The van der Waals surface area contributed by atoms with Gasteiger partial charge in [0.05, 0.1) is 0 Å². The van der Waals surface area contributed by atoms with E-state index in [1.54, 1.807) is 11.8 Å². The molecule has 0 spiro atoms. The van der Waals surface area contributed by atoms with E-state index in [0.717, 1.165) is 18.8 Å². The zero-order chi connectivity index (χ0) is 7.82. The third-order valence-corrected chi connectivity index (χ3v) is 1.71. The Balaban J connectivity index is 3.52. The van der Waals surface area contributed by atoms with Crippen LogP contribution in [-0.4, -0.2) is 23.7 Å². The summed E-state index contributed by atoms with van der Waals surface area (Å²) in [6.45, 7) is 8.40. The molecule has 0 radical (unpaired) electrons. The topological polar surface area (TPSA) is 3.24 Å². The molecule has 0 N–H and O–H groups in total. The van der Waals surface area contributed by atoms with E-state index in [2.05, 4.69) is 37.0 Å². The second-order valence-electron chi connectivity index (χ2n) is 1.82. The highest BCUT2D eigenvalue weighted by atomic mass is 32.2. The highest BCUT2D eigenvalue weighted by molar-refractivity contribution is 8.03. The van der Waals surface area contributed by atoms with E-state index in [4.69, 9.17) is 0 Å². The Morgan fingerprint density at radius 1 is 1.20 bits per heavy atom. The number of hydrogen-bond donors (Lipinski definition) is 0. The fourth-order valence-electron chi connectivity index (χ4n) is 0.551. The van der Waals surface area contributed by atoms with Gasteiger partial charge in [0.25, 0.3) is 0 Å². The van der Waals surface area contributed by atoms with E-state index in [0.29, 0.717) is 0 Å². The largest absolute Gasteiger partial charge is 0.332 e. The van der Waals surface area contributed by atoms with Crippen LogP contribution < -0.4 is 0 Å². The molecule has 0 saturated heterocycles. The van der Waals surface area contributed by atoms with Crippen molar-refractivity contribution in [3.63, 3.8) is 0 Å². The Bertz CT molecular complexity index is 119. The summed E-state index contributed by atoms with van der Waals surface area (Å²) >= 11 is 1.66. The standard InChI is InChI=1S/C8H15NS/c1-4-9(5-2)7-8-10-6-3/h4-6H2,1-3H3. The van der Waals surface area contributed by atoms with E-state index in [1.165, 1.54) is 0 Å². The SMILES string of the molecule is CCSC#CN(CC)CC. The van der Waals surface area contributed by atoms with E-state index < -0.39 is 0 Å². The molecule has 0 rings (SSSR count). The number of rotatable bonds is 3. The van der Waals surface area contributed by atoms with E-state index >= 15 is 0 Å². The summed E-state index contributed by atoms with van der Waals surface area (Å²) in [7, 11) is 0. The molecule has 0 atom stereocenters. The van der Waals surface area contributed by atoms with Gasteiger partial charge in [-0.3, -0.25) is 0 Å². The molecule has 0 aromatic rings. The molecular weight excluding hydrogens is 142 g/mol. The van der Waals surface area contributed by atoms with E-state index in [9.17, 15) is 0 Å². The summed E-state index contributed by atoms with van der Waals surface area (Å²) < 4.78 is 0. The van der Waals surface area contributed by atoms with Crippen LogP contribution in [0.5, 0.6) is 0 Å². The Kier molecular flexibility index (Phi) is 6.63. The number of thioether (sulfide) groups is 1. The van der Waals surface area contributed by atoms with Gasteiger partial charge in [-0.05, 0) is 19.1 Å². The summed E-state index contributed by atoms with van der Waals surface area (Å²) in [4.78, 5) is 2.10. The van der Waals surface area contributed by atoms with Gasteiger partial charge in [-0.1, -0.05) is 18.7 Å². The average molecular weight is 157 g/mol. The zero-order valence-corrected chi connectivity index (χ0v) is 7.79. The van der Waals surface area contributed by atoms with E-state index in [1.807, 2.05) is 0 Å². The van der Waals surface area contributed by atoms with Gasteiger partial charge in [-0.25, -0.2) is 0 Å². The first-order valence-corrected chi connectivity index (χ1v) is 4.71. The minimum absolute atomic E-state index is 1.02. The van der Waals surface area contributed by atoms with Crippen molar-refractivity contribution in [1.29, 1.82) is 0 Å². The van der Waals surface area contributed by atoms with Crippen molar-refractivity contribution in [3.8, 4) is 11.3 Å². The Morgan fingerprint density at radius 2 is 1.80 bits per heavy atom. The lowest BCUT2D eigenvalue weighted by Gasteiger charge is -2.09. The van der Waals surface area contributed by atoms with Gasteiger partial charge in [0, 0.05) is 24.9 Å². The molecule has 2 heteroatoms. The van der Waals surface area contributed by atoms with E-state index in [-0.39, 0.29) is 0 Å². The average Bonchev–Trinajstić information content (AvgIpc) is 1.99. The molecule has 0 aliphatic rings. The summed E-state index contributed by atoms with van der Waals surface area (Å²) in [6.07, 6.45) is 0. The highest BCUT2D eigenvalue weighted by Crippen LogP contribution is 1.93. The van der Waals surface area contributed by atoms with Crippen LogP contribution in [0.15, 0.2) is 0 Å². The first kappa shape index (κ1) is 9.71. The van der Waals surface area contributed by atoms with Crippen molar-refractivity contribution in [3.05, 3.63) is 0 Å². The molecule has 1 nitrogen and oxygen atoms in total. The molecule has 0 bridgehead atoms. The molecule has 0 fully saturated rings. The normalized spacial score (nSPS) is 8.30. The van der Waals surface area contributed by atoms with Gasteiger partial charge in [0.2, 0.25) is 0 Å². The quantitative estimate of drug-likeness (QED) is 0.455. The third-order valence-electron chi connectivity index (χ3n) is 1.18. The molecule has 58 valence electrons. The van der Waals surface area contributed by atoms with Gasteiger partial charge >= 0.3 is 0 Å². The maximum Gasteiger partial charge on any atom is 0.0232 e. The van der Waals surface area contributed by atoms with Crippen LogP contribution in [-0.2, 0) is 0 Å². The molecule has 0 aromatic heterocycles. The van der Waals surface area contributed by atoms with Crippen molar-refractivity contribution in [2.75, 3.05) is 18.8 Å². The van der Waals surface area contributed by atoms with Crippen molar-refractivity contribution in [1.82, 2.24) is 4.90 Å². The minimum Gasteiger partial charge on any atom is -0.332 e. The van der Waals surface area contributed by atoms with Crippen LogP contribution in [0.1, 0.15) is 20.8 Å². The second kappa shape index (κ2) is 6.82. The minimum atomic E-state index is 1.02. The van der Waals surface area contributed by atoms with Crippen LogP contribution in [0.4, 0.5) is 0 Å². The lowest BCUT2D eigenvalue weighted by Crippen LogP contribution is -2.15. The van der Waals surface area contributed by atoms with Gasteiger partial charge in [-0.2, -0.15) is 0 Å². The molecular formula is C8H15NS. The fraction of sp³-hybridized carbons (Fsp3) is 0.750. The predicted octanol–water partition coefficient (Wildman–Crippen LogP) is 2.00. The maximum atomic E-state index is 3.07. The number of nitrogens with zero attached hydrogens (tertiary/aromatic N) is 1. The van der Waals surface area contributed by atoms with Gasteiger partial charge in [0.15, 0.2) is 0 Å². The van der Waals surface area contributed by atoms with Crippen LogP contribution in [0.2, 0.25) is 0 Å². The highest BCUT2D eigenvalue weighted by Gasteiger charge is 1.86. The van der Waals surface area contributed by atoms with Crippen LogP contribution in [0, 0.1) is 11.3 Å². The van der Waals surface area contributed by atoms with Gasteiger partial charge in [-0.15, -0.1) is 0 Å². The van der Waals surface area contributed by atoms with Crippen LogP contribution in [0.3, 0.4) is 0 Å². The Labute approximate surface area is 68.2 Å². The monoisotopic (exact) mass is 157 g/mol. The van der Waals surface area contributed by atoms with Gasteiger partial charge < -0.3 is 4.90 Å². The lowest BCUT2D eigenvalue weighted by molar-refractivity contribution is 0.444. The first-order chi connectivity index (χ1) is 4.85. The number of hydrogen-bond acceptors (Lipinski definition) is 2. The van der Waals surface area contributed by atoms with Crippen LogP contribution in [0.25, 0.3) is 0 Å². The summed E-state index contributed by atoms with van der Waals surface area (Å²) in [5.74, 6) is 1.08. The molecule has 10 heavy (non-hydrogen) atoms. The Morgan fingerprint density at radius 3 is 2.20 bits per heavy atom. The maximum absolute atomic E-state index is 3.07. The van der Waals surface area contributed by atoms with Crippen LogP contribution >= 0.6 is 11.8 Å². The van der Waals surface area contributed by atoms with Crippen molar-refractivity contribution in [2.24, 2.45) is 0 Å². The zero-order valence-electron chi connectivity index (χ0n) is 6.98. The molecule has 0 amide bonds. The fourth-order valence-corrected chi connectivity index (χ4v) is 0.889. The van der Waals surface area contributed by atoms with Gasteiger partial charge in [0.1, 0.15) is 0 Å². The van der Waals surface area contributed by atoms with Crippen molar-refractivity contribution >= 4 is 11.8 Å². The molecule has 0 aliphatic carbocycles. The summed E-state index contributed by atoms with van der Waals surface area (Å²) in [5, 5.41) is 3.03. The van der Waals surface area contributed by atoms with Crippen molar-refractivity contribution in [2.45, 2.75) is 20.8 Å². The smallest absolute Gasteiger partial charge is 0.0232 e. The Hall–Kier alpha value is -0.290. The lowest BCUT2D eigenvalue weighted by atomic mass is 10.6. The molecule has 0 unspecified atom stereocenters. The molecule has 0 aromatic carbocycles. The third kappa shape index (κ3) is 4.58. The second-order valence-corrected chi connectivity index (χ2v) is 2.89. The molecule has 0 saturated carbocycles. The molecule has 0 aliphatic heterocycles. The summed E-state index contributed by atoms with van der Waals surface area (Å²) in [6, 6.07) is 3.07. The summed E-state index contributed by atoms with van der Waals surface area (Å²) in [5.41, 5.74) is 0. The molecule has 0 heterocycles. The van der Waals surface area contributed by atoms with Crippen molar-refractivity contribution < 1.29 is 0 Å².